The van der Waals surface area contributed by atoms with Gasteiger partial charge in [-0.2, -0.15) is 0 Å². The summed E-state index contributed by atoms with van der Waals surface area (Å²) < 4.78 is 8.71. The van der Waals surface area contributed by atoms with Crippen LogP contribution in [0.1, 0.15) is 6.92 Å². The summed E-state index contributed by atoms with van der Waals surface area (Å²) in [6.45, 7) is 1.67. The first-order chi connectivity index (χ1) is 5.27. The Labute approximate surface area is 64.5 Å². The first-order valence-corrected chi connectivity index (χ1v) is 2.91. The van der Waals surface area contributed by atoms with Crippen LogP contribution in [0.5, 0.6) is 0 Å². The van der Waals surface area contributed by atoms with Crippen LogP contribution in [0.3, 0.4) is 0 Å². The van der Waals surface area contributed by atoms with Gasteiger partial charge in [-0.05, 0) is 0 Å². The molecule has 0 radical (unpaired) electrons. The Kier molecular flexibility index (Phi) is 5.72. The molecular weight excluding hydrogens is 148 g/mol. The number of ether oxygens (including phenoxy) is 2. The zero-order valence-corrected chi connectivity index (χ0v) is 6.12. The van der Waals surface area contributed by atoms with Gasteiger partial charge in [-0.1, -0.05) is 11.8 Å². The molecule has 0 atom stereocenters. The van der Waals surface area contributed by atoms with Gasteiger partial charge < -0.3 is 9.47 Å². The minimum atomic E-state index is -0.379. The van der Waals surface area contributed by atoms with E-state index in [0.717, 1.165) is 0 Å². The number of hydrogen-bond acceptors (Lipinski definition) is 4. The lowest BCUT2D eigenvalue weighted by Crippen LogP contribution is -1.98. The predicted molar refractivity (Wildman–Crippen MR) is 36.4 cm³/mol. The van der Waals surface area contributed by atoms with E-state index in [0.29, 0.717) is 6.47 Å². The molecule has 4 nitrogen and oxygen atoms in total. The molecule has 60 valence electrons. The first-order valence-electron chi connectivity index (χ1n) is 2.91. The second-order valence-corrected chi connectivity index (χ2v) is 1.54. The maximum absolute atomic E-state index is 10.2. The topological polar surface area (TPSA) is 52.6 Å². The summed E-state index contributed by atoms with van der Waals surface area (Å²) in [7, 11) is 0. The van der Waals surface area contributed by atoms with Crippen LogP contribution in [0.4, 0.5) is 0 Å². The van der Waals surface area contributed by atoms with Crippen LogP contribution >= 0.6 is 0 Å². The van der Waals surface area contributed by atoms with Crippen molar-refractivity contribution in [2.24, 2.45) is 0 Å². The van der Waals surface area contributed by atoms with Gasteiger partial charge in [-0.15, -0.1) is 0 Å². The number of carbonyl (C=O) groups excluding carboxylic acids is 2. The van der Waals surface area contributed by atoms with E-state index in [-0.39, 0.29) is 19.2 Å². The van der Waals surface area contributed by atoms with Crippen LogP contribution in [0.15, 0.2) is 0 Å². The van der Waals surface area contributed by atoms with Gasteiger partial charge >= 0.3 is 5.97 Å². The van der Waals surface area contributed by atoms with E-state index in [4.69, 9.17) is 0 Å². The number of hydrogen-bond donors (Lipinski definition) is 0. The fourth-order valence-corrected chi connectivity index (χ4v) is 0.315. The van der Waals surface area contributed by atoms with Crippen molar-refractivity contribution in [3.05, 3.63) is 0 Å². The van der Waals surface area contributed by atoms with Crippen molar-refractivity contribution < 1.29 is 19.1 Å². The van der Waals surface area contributed by atoms with Crippen molar-refractivity contribution in [1.82, 2.24) is 0 Å². The summed E-state index contributed by atoms with van der Waals surface area (Å²) in [5.41, 5.74) is 0. The van der Waals surface area contributed by atoms with Gasteiger partial charge in [0.15, 0.2) is 13.2 Å². The van der Waals surface area contributed by atoms with Gasteiger partial charge in [0.05, 0.1) is 0 Å². The van der Waals surface area contributed by atoms with E-state index in [2.05, 4.69) is 21.3 Å². The SMILES string of the molecule is CC(=O)OCC#CCOC=O. The molecule has 0 saturated carbocycles. The minimum Gasteiger partial charge on any atom is -0.455 e. The zero-order chi connectivity index (χ0) is 8.53. The van der Waals surface area contributed by atoms with Gasteiger partial charge in [-0.25, -0.2) is 0 Å². The van der Waals surface area contributed by atoms with Gasteiger partial charge in [-0.3, -0.25) is 9.59 Å². The summed E-state index contributed by atoms with van der Waals surface area (Å²) in [5.74, 6) is 4.56. The molecule has 0 aliphatic heterocycles. The number of carbonyl (C=O) groups is 2. The third kappa shape index (κ3) is 8.50. The molecule has 0 bridgehead atoms. The van der Waals surface area contributed by atoms with Crippen molar-refractivity contribution in [1.29, 1.82) is 0 Å². The molecule has 0 fully saturated rings. The maximum atomic E-state index is 10.2. The molecule has 0 amide bonds. The lowest BCUT2D eigenvalue weighted by atomic mass is 10.6. The van der Waals surface area contributed by atoms with E-state index < -0.39 is 0 Å². The molecule has 4 heteroatoms. The Balaban J connectivity index is 3.25. The summed E-state index contributed by atoms with van der Waals surface area (Å²) in [6.07, 6.45) is 0. The Morgan fingerprint density at radius 1 is 1.45 bits per heavy atom. The molecule has 0 rings (SSSR count). The van der Waals surface area contributed by atoms with Crippen LogP contribution in [0, 0.1) is 11.8 Å². The lowest BCUT2D eigenvalue weighted by Gasteiger charge is -1.90. The minimum absolute atomic E-state index is 0.0325. The molecule has 0 aliphatic rings. The van der Waals surface area contributed by atoms with Crippen LogP contribution in [0.25, 0.3) is 0 Å². The summed E-state index contributed by atoms with van der Waals surface area (Å²) in [6, 6.07) is 0. The molecule has 0 aromatic carbocycles. The van der Waals surface area contributed by atoms with Crippen LogP contribution in [-0.2, 0) is 19.1 Å². The van der Waals surface area contributed by atoms with Crippen LogP contribution in [-0.4, -0.2) is 25.7 Å². The second-order valence-electron chi connectivity index (χ2n) is 1.54. The Bertz CT molecular complexity index is 186. The van der Waals surface area contributed by atoms with Crippen LogP contribution in [0.2, 0.25) is 0 Å². The van der Waals surface area contributed by atoms with Crippen molar-refractivity contribution in [3.8, 4) is 11.8 Å². The summed E-state index contributed by atoms with van der Waals surface area (Å²) in [5, 5.41) is 0. The average molecular weight is 156 g/mol. The molecule has 0 aromatic rings. The van der Waals surface area contributed by atoms with Gasteiger partial charge in [0.1, 0.15) is 0 Å². The average Bonchev–Trinajstić information content (AvgIpc) is 1.96. The summed E-state index contributed by atoms with van der Waals surface area (Å²) >= 11 is 0. The molecule has 0 aromatic heterocycles. The van der Waals surface area contributed by atoms with Crippen LogP contribution < -0.4 is 0 Å². The Morgan fingerprint density at radius 3 is 2.64 bits per heavy atom. The largest absolute Gasteiger partial charge is 0.455 e. The van der Waals surface area contributed by atoms with E-state index in [9.17, 15) is 9.59 Å². The first kappa shape index (κ1) is 9.50. The van der Waals surface area contributed by atoms with E-state index in [1.807, 2.05) is 0 Å². The Hall–Kier alpha value is -1.50. The highest BCUT2D eigenvalue weighted by Gasteiger charge is 1.85. The molecule has 11 heavy (non-hydrogen) atoms. The fourth-order valence-electron chi connectivity index (χ4n) is 0.315. The quantitative estimate of drug-likeness (QED) is 0.244. The highest BCUT2D eigenvalue weighted by molar-refractivity contribution is 5.66. The van der Waals surface area contributed by atoms with Crippen molar-refractivity contribution in [3.63, 3.8) is 0 Å². The van der Waals surface area contributed by atoms with E-state index >= 15 is 0 Å². The molecular formula is C7H8O4. The van der Waals surface area contributed by atoms with Crippen molar-refractivity contribution in [2.45, 2.75) is 6.92 Å². The monoisotopic (exact) mass is 156 g/mol. The Morgan fingerprint density at radius 2 is 2.09 bits per heavy atom. The maximum Gasteiger partial charge on any atom is 0.303 e. The molecule has 0 spiro atoms. The summed E-state index contributed by atoms with van der Waals surface area (Å²) in [4.78, 5) is 19.7. The lowest BCUT2D eigenvalue weighted by molar-refractivity contribution is -0.139. The zero-order valence-electron chi connectivity index (χ0n) is 6.12. The highest BCUT2D eigenvalue weighted by Crippen LogP contribution is 1.72. The normalized spacial score (nSPS) is 7.36. The smallest absolute Gasteiger partial charge is 0.303 e. The van der Waals surface area contributed by atoms with Gasteiger partial charge in [0, 0.05) is 6.92 Å². The van der Waals surface area contributed by atoms with Crippen molar-refractivity contribution in [2.75, 3.05) is 13.2 Å². The highest BCUT2D eigenvalue weighted by atomic mass is 16.5. The third-order valence-electron chi connectivity index (χ3n) is 0.696. The van der Waals surface area contributed by atoms with Gasteiger partial charge in [0.25, 0.3) is 6.47 Å². The standard InChI is InChI=1S/C7H8O4/c1-7(9)11-5-3-2-4-10-6-8/h6H,4-5H2,1H3. The molecule has 0 saturated heterocycles. The second kappa shape index (κ2) is 6.62. The molecule has 0 N–H and O–H groups in total. The molecule has 0 heterocycles. The number of esters is 1. The van der Waals surface area contributed by atoms with Crippen molar-refractivity contribution >= 4 is 12.4 Å². The van der Waals surface area contributed by atoms with E-state index in [1.54, 1.807) is 0 Å². The van der Waals surface area contributed by atoms with Gasteiger partial charge in [0.2, 0.25) is 0 Å². The molecule has 0 aliphatic carbocycles. The number of rotatable bonds is 3. The third-order valence-corrected chi connectivity index (χ3v) is 0.696. The van der Waals surface area contributed by atoms with E-state index in [1.165, 1.54) is 6.92 Å². The molecule has 0 unspecified atom stereocenters. The fraction of sp³-hybridized carbons (Fsp3) is 0.429. The predicted octanol–water partition coefficient (Wildman–Crippen LogP) is -0.274.